The maximum absolute atomic E-state index is 13.8. The Labute approximate surface area is 469 Å². The third-order valence-electron chi connectivity index (χ3n) is 23.2. The molecule has 0 aromatic heterocycles. The molecule has 4 unspecified atom stereocenters. The summed E-state index contributed by atoms with van der Waals surface area (Å²) in [5, 5.41) is 16.7. The Hall–Kier alpha value is -4.04. The first-order valence-electron chi connectivity index (χ1n) is 29.4. The van der Waals surface area contributed by atoms with Crippen molar-refractivity contribution in [3.05, 3.63) is 0 Å². The highest BCUT2D eigenvalue weighted by atomic mass is 16.7. The van der Waals surface area contributed by atoms with Crippen molar-refractivity contribution in [3.8, 4) is 0 Å². The van der Waals surface area contributed by atoms with E-state index in [1.807, 2.05) is 48.7 Å². The molecule has 19 heteroatoms. The summed E-state index contributed by atoms with van der Waals surface area (Å²) in [6, 6.07) is 0. The van der Waals surface area contributed by atoms with Gasteiger partial charge in [0.1, 0.15) is 30.6 Å². The van der Waals surface area contributed by atoms with Gasteiger partial charge >= 0.3 is 24.1 Å². The summed E-state index contributed by atoms with van der Waals surface area (Å²) in [4.78, 5) is 111. The van der Waals surface area contributed by atoms with E-state index in [0.717, 1.165) is 51.6 Å². The van der Waals surface area contributed by atoms with Gasteiger partial charge in [-0.3, -0.25) is 39.4 Å². The Morgan fingerprint density at radius 1 is 0.595 bits per heavy atom. The molecular weight excluding hydrogens is 1020 g/mol. The Morgan fingerprint density at radius 3 is 1.42 bits per heavy atom. The molecule has 20 atom stereocenters. The highest BCUT2D eigenvalue weighted by Gasteiger charge is 2.72. The zero-order valence-electron chi connectivity index (χ0n) is 50.2. The van der Waals surface area contributed by atoms with Crippen LogP contribution in [0.3, 0.4) is 0 Å². The van der Waals surface area contributed by atoms with E-state index in [9.17, 15) is 43.5 Å². The van der Waals surface area contributed by atoms with Crippen molar-refractivity contribution in [2.45, 2.75) is 171 Å². The minimum absolute atomic E-state index is 0.00391. The van der Waals surface area contributed by atoms with Crippen molar-refractivity contribution < 1.29 is 71.9 Å². The number of methoxy groups -OCH3 is 3. The quantitative estimate of drug-likeness (QED) is 0.120. The molecule has 8 fully saturated rings. The number of Topliss-reactive ketones (excluding diaryl/α,β-unsaturated/α-hetero) is 2. The van der Waals surface area contributed by atoms with Crippen molar-refractivity contribution in [2.75, 3.05) is 68.4 Å². The molecule has 79 heavy (non-hydrogen) atoms. The standard InChI is InChI=1S/C31H50N2O8.C29H46N2O7/c1-18-11-14-33(6)16-21(18)26(35)32-28(37)41-23-15-29(4,27(36)39-8)25(40-17-38-7)20(3)31-12-9-19(2)30(23,5)24(31)22(34)10-13-31;1-16-10-13-31(6)15-19(16)24(34)30-26(36)38-21-14-27(4,25(35)37-7)23(33)18(3)29-11-8-17(2)28(21,5)22(29)20(32)9-12-29/h18-21,23-25H,9-17H2,1-8H3,(H,32,35,37);16-19,21-23,33H,8-15H2,1-7H3,(H,30,34,36)/t18-,19+,20-,21-,23+,24?,25-,29+,30-,31?;16-,17+,18-,19-,21+,22?,23-,27+,28-,29?/m00/s1. The van der Waals surface area contributed by atoms with E-state index in [0.29, 0.717) is 38.8 Å². The molecule has 2 heterocycles. The van der Waals surface area contributed by atoms with Crippen LogP contribution >= 0.6 is 0 Å². The van der Waals surface area contributed by atoms with E-state index in [4.69, 9.17) is 28.4 Å². The fraction of sp³-hybridized carbons (Fsp3) is 0.867. The summed E-state index contributed by atoms with van der Waals surface area (Å²) in [7, 11) is 8.08. The Kier molecular flexibility index (Phi) is 18.7. The molecule has 3 N–H and O–H groups in total. The normalized spacial score (nSPS) is 44.1. The number of ketones is 2. The third-order valence-corrected chi connectivity index (χ3v) is 23.2. The van der Waals surface area contributed by atoms with Crippen LogP contribution in [-0.4, -0.2) is 155 Å². The number of nitrogens with zero attached hydrogens (tertiary/aromatic N) is 2. The molecule has 6 aliphatic carbocycles. The summed E-state index contributed by atoms with van der Waals surface area (Å²) in [6.45, 7) is 22.6. The van der Waals surface area contributed by atoms with Crippen molar-refractivity contribution in [1.29, 1.82) is 0 Å². The number of hydrogen-bond donors (Lipinski definition) is 3. The lowest BCUT2D eigenvalue weighted by atomic mass is 9.44. The summed E-state index contributed by atoms with van der Waals surface area (Å²) in [5.41, 5.74) is -5.00. The lowest BCUT2D eigenvalue weighted by Crippen LogP contribution is -2.65. The van der Waals surface area contributed by atoms with E-state index in [2.05, 4.69) is 41.2 Å². The zero-order valence-corrected chi connectivity index (χ0v) is 50.2. The maximum atomic E-state index is 13.8. The minimum Gasteiger partial charge on any atom is -0.469 e. The molecule has 2 saturated heterocycles. The molecule has 2 aliphatic heterocycles. The number of carbonyl (C=O) groups is 8. The second kappa shape index (κ2) is 23.7. The van der Waals surface area contributed by atoms with E-state index >= 15 is 0 Å². The molecule has 4 amide bonds. The number of nitrogens with one attached hydrogen (secondary N) is 2. The number of amides is 4. The first-order valence-corrected chi connectivity index (χ1v) is 29.4. The smallest absolute Gasteiger partial charge is 0.414 e. The SMILES string of the molecule is COC(=O)[C@]1(C)C[C@@H](OC(=O)NC(=O)[C@H]2CN(C)CC[C@@H]2C)[C@@]2(C)C3C(=O)CCC3(CC[C@H]2C)[C@@H](C)[C@@H]1O.COCO[C@H]1[C@H](C)C23CCC(=O)C2[C@@](C)([C@H](C)CC3)[C@H](OC(=O)NC(=O)[C@H]2CN(C)CC[C@@H]2C)C[C@@]1(C)C(=O)OC. The topological polar surface area (TPSA) is 243 Å². The lowest BCUT2D eigenvalue weighted by Gasteiger charge is -2.62. The molecule has 4 bridgehead atoms. The van der Waals surface area contributed by atoms with Gasteiger partial charge in [0.15, 0.2) is 0 Å². The molecule has 446 valence electrons. The molecule has 8 rings (SSSR count). The molecule has 19 nitrogen and oxygen atoms in total. The zero-order chi connectivity index (χ0) is 58.5. The molecule has 0 aromatic carbocycles. The average Bonchev–Trinajstić information content (AvgIpc) is 4.14. The first kappa shape index (κ1) is 62.6. The third kappa shape index (κ3) is 10.8. The van der Waals surface area contributed by atoms with Crippen LogP contribution in [-0.2, 0) is 57.2 Å². The number of likely N-dealkylation sites (tertiary alicyclic amines) is 2. The van der Waals surface area contributed by atoms with E-state index in [1.165, 1.54) is 21.3 Å². The number of aliphatic hydroxyl groups excluding tert-OH is 1. The van der Waals surface area contributed by atoms with Crippen molar-refractivity contribution >= 4 is 47.5 Å². The van der Waals surface area contributed by atoms with Gasteiger partial charge in [0.05, 0.1) is 49.1 Å². The Bertz CT molecular complexity index is 2340. The maximum Gasteiger partial charge on any atom is 0.414 e. The number of alkyl carbamates (subject to hydrolysis) is 2. The molecule has 8 aliphatic rings. The van der Waals surface area contributed by atoms with E-state index in [1.54, 1.807) is 13.8 Å². The van der Waals surface area contributed by atoms with E-state index in [-0.39, 0.29) is 96.3 Å². The number of hydrogen-bond acceptors (Lipinski definition) is 17. The largest absolute Gasteiger partial charge is 0.469 e. The number of esters is 2. The van der Waals surface area contributed by atoms with Gasteiger partial charge in [0.2, 0.25) is 11.8 Å². The summed E-state index contributed by atoms with van der Waals surface area (Å²) < 4.78 is 34.3. The predicted molar refractivity (Wildman–Crippen MR) is 290 cm³/mol. The first-order chi connectivity index (χ1) is 37.0. The predicted octanol–water partition coefficient (Wildman–Crippen LogP) is 6.98. The number of aliphatic hydroxyl groups is 1. The molecule has 0 spiro atoms. The van der Waals surface area contributed by atoms with Crippen LogP contribution < -0.4 is 10.6 Å². The van der Waals surface area contributed by atoms with Gasteiger partial charge in [0.25, 0.3) is 0 Å². The summed E-state index contributed by atoms with van der Waals surface area (Å²) in [6.07, 6.45) is 2.07. The Morgan fingerprint density at radius 2 is 1.00 bits per heavy atom. The van der Waals surface area contributed by atoms with Gasteiger partial charge in [-0.1, -0.05) is 55.4 Å². The Balaban J connectivity index is 0.000000229. The highest BCUT2D eigenvalue weighted by Crippen LogP contribution is 2.70. The van der Waals surface area contributed by atoms with Crippen LogP contribution in [0.25, 0.3) is 0 Å². The lowest BCUT2D eigenvalue weighted by molar-refractivity contribution is -0.228. The second-order valence-electron chi connectivity index (χ2n) is 27.2. The molecule has 0 aromatic rings. The van der Waals surface area contributed by atoms with Crippen molar-refractivity contribution in [3.63, 3.8) is 0 Å². The number of ether oxygens (including phenoxy) is 6. The van der Waals surface area contributed by atoms with Gasteiger partial charge in [-0.25, -0.2) is 9.59 Å². The van der Waals surface area contributed by atoms with Crippen LogP contribution in [0.2, 0.25) is 0 Å². The fourth-order valence-corrected chi connectivity index (χ4v) is 17.7. The summed E-state index contributed by atoms with van der Waals surface area (Å²) in [5.74, 6) is -3.10. The second-order valence-corrected chi connectivity index (χ2v) is 27.2. The van der Waals surface area contributed by atoms with Crippen LogP contribution in [0.1, 0.15) is 146 Å². The highest BCUT2D eigenvalue weighted by molar-refractivity contribution is 5.94. The molecule has 6 saturated carbocycles. The van der Waals surface area contributed by atoms with Gasteiger partial charge in [-0.15, -0.1) is 0 Å². The summed E-state index contributed by atoms with van der Waals surface area (Å²) >= 11 is 0. The average molecular weight is 1110 g/mol. The van der Waals surface area contributed by atoms with Crippen LogP contribution in [0.15, 0.2) is 0 Å². The van der Waals surface area contributed by atoms with Gasteiger partial charge < -0.3 is 43.3 Å². The van der Waals surface area contributed by atoms with Crippen molar-refractivity contribution in [2.24, 2.45) is 91.7 Å². The monoisotopic (exact) mass is 1110 g/mol. The van der Waals surface area contributed by atoms with Gasteiger partial charge in [0, 0.05) is 68.5 Å². The van der Waals surface area contributed by atoms with Crippen LogP contribution in [0, 0.1) is 91.7 Å². The number of piperidine rings is 2. The van der Waals surface area contributed by atoms with Gasteiger partial charge in [-0.05, 0) is 139 Å². The number of imide groups is 2. The number of carbonyl (C=O) groups excluding carboxylic acids is 8. The van der Waals surface area contributed by atoms with E-state index < -0.39 is 86.9 Å². The molecule has 0 radical (unpaired) electrons. The fourth-order valence-electron chi connectivity index (χ4n) is 17.7. The number of rotatable bonds is 9. The minimum atomic E-state index is -1.36. The van der Waals surface area contributed by atoms with Crippen molar-refractivity contribution in [1.82, 2.24) is 20.4 Å². The van der Waals surface area contributed by atoms with Crippen LogP contribution in [0.5, 0.6) is 0 Å². The van der Waals surface area contributed by atoms with Crippen LogP contribution in [0.4, 0.5) is 9.59 Å². The van der Waals surface area contributed by atoms with Gasteiger partial charge in [-0.2, -0.15) is 0 Å². The molecular formula is C60H96N4O15.